The highest BCUT2D eigenvalue weighted by atomic mass is 79.9. The summed E-state index contributed by atoms with van der Waals surface area (Å²) in [5, 5.41) is 25.5. The Labute approximate surface area is 118 Å². The van der Waals surface area contributed by atoms with Crippen LogP contribution in [0.25, 0.3) is 5.57 Å². The Kier molecular flexibility index (Phi) is 4.26. The van der Waals surface area contributed by atoms with Gasteiger partial charge in [-0.2, -0.15) is 10.5 Å². The fourth-order valence-corrected chi connectivity index (χ4v) is 1.93. The number of benzene rings is 1. The molecule has 0 aliphatic rings. The van der Waals surface area contributed by atoms with Crippen LogP contribution in [0.2, 0.25) is 0 Å². The summed E-state index contributed by atoms with van der Waals surface area (Å²) in [7, 11) is 0. The van der Waals surface area contributed by atoms with Gasteiger partial charge in [0.1, 0.15) is 11.6 Å². The molecular weight excluding hydrogens is 308 g/mol. The molecule has 1 heterocycles. The number of aromatic amines is 1. The molecule has 0 aliphatic heterocycles. The van der Waals surface area contributed by atoms with Crippen molar-refractivity contribution in [2.45, 2.75) is 13.3 Å². The lowest BCUT2D eigenvalue weighted by atomic mass is 10.1. The van der Waals surface area contributed by atoms with Crippen LogP contribution in [0.5, 0.6) is 0 Å². The predicted molar refractivity (Wildman–Crippen MR) is 74.9 cm³/mol. The molecule has 1 aromatic heterocycles. The number of hydrogen-bond donors (Lipinski definition) is 2. The van der Waals surface area contributed by atoms with Crippen LogP contribution >= 0.6 is 15.9 Å². The average Bonchev–Trinajstić information content (AvgIpc) is 2.94. The molecule has 0 spiro atoms. The number of rotatable bonds is 4. The van der Waals surface area contributed by atoms with Gasteiger partial charge in [0.15, 0.2) is 0 Å². The molecule has 7 heteroatoms. The number of aryl methyl sites for hydroxylation is 1. The number of halogens is 1. The van der Waals surface area contributed by atoms with Crippen molar-refractivity contribution in [1.29, 1.82) is 5.26 Å². The number of anilines is 1. The molecule has 96 valence electrons. The van der Waals surface area contributed by atoms with E-state index in [4.69, 9.17) is 5.26 Å². The van der Waals surface area contributed by atoms with Gasteiger partial charge in [-0.15, -0.1) is 10.2 Å². The molecule has 1 aromatic carbocycles. The summed E-state index contributed by atoms with van der Waals surface area (Å²) in [5.41, 5.74) is 2.41. The van der Waals surface area contributed by atoms with Crippen molar-refractivity contribution in [1.82, 2.24) is 20.6 Å². The lowest BCUT2D eigenvalue weighted by Gasteiger charge is -2.08. The van der Waals surface area contributed by atoms with E-state index in [0.29, 0.717) is 5.57 Å². The van der Waals surface area contributed by atoms with Crippen LogP contribution in [-0.4, -0.2) is 20.6 Å². The quantitative estimate of drug-likeness (QED) is 0.845. The second-order valence-corrected chi connectivity index (χ2v) is 4.62. The molecule has 19 heavy (non-hydrogen) atoms. The lowest BCUT2D eigenvalue weighted by molar-refractivity contribution is 0.881. The summed E-state index contributed by atoms with van der Waals surface area (Å²) >= 11 is 3.42. The molecule has 0 aliphatic carbocycles. The molecule has 0 atom stereocenters. The third kappa shape index (κ3) is 3.17. The first kappa shape index (κ1) is 13.2. The van der Waals surface area contributed by atoms with E-state index in [0.717, 1.165) is 22.1 Å². The second-order valence-electron chi connectivity index (χ2n) is 3.70. The Balaban J connectivity index is 2.26. The highest BCUT2D eigenvalue weighted by Crippen LogP contribution is 2.22. The summed E-state index contributed by atoms with van der Waals surface area (Å²) in [5.74, 6) is 0.267. The molecule has 2 rings (SSSR count). The van der Waals surface area contributed by atoms with Gasteiger partial charge in [-0.1, -0.05) is 28.9 Å². The van der Waals surface area contributed by atoms with E-state index >= 15 is 0 Å². The topological polar surface area (TPSA) is 90.3 Å². The SMILES string of the molecule is CCc1ccc(Br)cc1NC=C(C#N)c1nn[nH]n1. The Hall–Kier alpha value is -2.20. The molecule has 2 N–H and O–H groups in total. The third-order valence-corrected chi connectivity index (χ3v) is 3.02. The van der Waals surface area contributed by atoms with Gasteiger partial charge in [-0.05, 0) is 29.3 Å². The van der Waals surface area contributed by atoms with Crippen LogP contribution in [-0.2, 0) is 6.42 Å². The van der Waals surface area contributed by atoms with Gasteiger partial charge in [-0.25, -0.2) is 0 Å². The van der Waals surface area contributed by atoms with Crippen molar-refractivity contribution in [3.05, 3.63) is 40.3 Å². The summed E-state index contributed by atoms with van der Waals surface area (Å²) < 4.78 is 0.971. The first-order valence-corrected chi connectivity index (χ1v) is 6.43. The number of H-pyrrole nitrogens is 1. The number of hydrogen-bond acceptors (Lipinski definition) is 5. The monoisotopic (exact) mass is 318 g/mol. The zero-order valence-electron chi connectivity index (χ0n) is 10.2. The van der Waals surface area contributed by atoms with Crippen LogP contribution in [0.4, 0.5) is 5.69 Å². The van der Waals surface area contributed by atoms with Gasteiger partial charge < -0.3 is 5.32 Å². The molecule has 0 radical (unpaired) electrons. The van der Waals surface area contributed by atoms with Crippen molar-refractivity contribution < 1.29 is 0 Å². The zero-order valence-corrected chi connectivity index (χ0v) is 11.8. The van der Waals surface area contributed by atoms with Crippen LogP contribution in [0, 0.1) is 11.3 Å². The maximum Gasteiger partial charge on any atom is 0.216 e. The summed E-state index contributed by atoms with van der Waals surface area (Å²) in [6.45, 7) is 2.07. The molecule has 2 aromatic rings. The maximum absolute atomic E-state index is 9.07. The minimum atomic E-state index is 0.267. The molecule has 0 bridgehead atoms. The van der Waals surface area contributed by atoms with E-state index < -0.39 is 0 Å². The second kappa shape index (κ2) is 6.11. The highest BCUT2D eigenvalue weighted by Gasteiger charge is 2.06. The summed E-state index contributed by atoms with van der Waals surface area (Å²) in [6, 6.07) is 8.00. The Morgan fingerprint density at radius 3 is 3.05 bits per heavy atom. The Morgan fingerprint density at radius 1 is 1.58 bits per heavy atom. The van der Waals surface area contributed by atoms with Crippen molar-refractivity contribution in [3.8, 4) is 6.07 Å². The fraction of sp³-hybridized carbons (Fsp3) is 0.167. The van der Waals surface area contributed by atoms with E-state index in [1.54, 1.807) is 6.20 Å². The largest absolute Gasteiger partial charge is 0.360 e. The normalized spacial score (nSPS) is 11.1. The van der Waals surface area contributed by atoms with Crippen molar-refractivity contribution in [3.63, 3.8) is 0 Å². The number of nitrogens with one attached hydrogen (secondary N) is 2. The molecular formula is C12H11BrN6. The molecule has 0 unspecified atom stereocenters. The van der Waals surface area contributed by atoms with Crippen molar-refractivity contribution in [2.75, 3.05) is 5.32 Å². The van der Waals surface area contributed by atoms with Crippen LogP contribution in [0.15, 0.2) is 28.9 Å². The standard InChI is InChI=1S/C12H11BrN6/c1-2-8-3-4-10(13)5-11(8)15-7-9(6-14)12-16-18-19-17-12/h3-5,7,15H,2H2,1H3,(H,16,17,18,19). The van der Waals surface area contributed by atoms with Crippen LogP contribution < -0.4 is 5.32 Å². The predicted octanol–water partition coefficient (Wildman–Crippen LogP) is 2.50. The number of tetrazole rings is 1. The van der Waals surface area contributed by atoms with E-state index in [-0.39, 0.29) is 5.82 Å². The van der Waals surface area contributed by atoms with E-state index in [1.807, 2.05) is 24.3 Å². The summed E-state index contributed by atoms with van der Waals surface area (Å²) in [6.07, 6.45) is 2.47. The Morgan fingerprint density at radius 2 is 2.42 bits per heavy atom. The van der Waals surface area contributed by atoms with Gasteiger partial charge in [0.2, 0.25) is 5.82 Å². The minimum Gasteiger partial charge on any atom is -0.360 e. The van der Waals surface area contributed by atoms with Gasteiger partial charge in [0.05, 0.1) is 0 Å². The van der Waals surface area contributed by atoms with Gasteiger partial charge in [0, 0.05) is 16.4 Å². The maximum atomic E-state index is 9.07. The van der Waals surface area contributed by atoms with E-state index in [2.05, 4.69) is 48.8 Å². The average molecular weight is 319 g/mol. The number of nitrogens with zero attached hydrogens (tertiary/aromatic N) is 4. The molecule has 0 amide bonds. The Bertz CT molecular complexity index is 626. The number of allylic oxidation sites excluding steroid dienone is 1. The molecule has 0 fully saturated rings. The smallest absolute Gasteiger partial charge is 0.216 e. The number of nitriles is 1. The highest BCUT2D eigenvalue weighted by molar-refractivity contribution is 9.10. The minimum absolute atomic E-state index is 0.267. The third-order valence-electron chi connectivity index (χ3n) is 2.53. The van der Waals surface area contributed by atoms with Gasteiger partial charge >= 0.3 is 0 Å². The van der Waals surface area contributed by atoms with Gasteiger partial charge in [-0.3, -0.25) is 0 Å². The fourth-order valence-electron chi connectivity index (χ4n) is 1.56. The molecule has 0 saturated carbocycles. The van der Waals surface area contributed by atoms with Crippen LogP contribution in [0.3, 0.4) is 0 Å². The van der Waals surface area contributed by atoms with Crippen LogP contribution in [0.1, 0.15) is 18.3 Å². The van der Waals surface area contributed by atoms with E-state index in [1.165, 1.54) is 0 Å². The molecule has 0 saturated heterocycles. The first-order chi connectivity index (χ1) is 9.24. The van der Waals surface area contributed by atoms with E-state index in [9.17, 15) is 0 Å². The molecule has 6 nitrogen and oxygen atoms in total. The first-order valence-electron chi connectivity index (χ1n) is 5.63. The van der Waals surface area contributed by atoms with Crippen molar-refractivity contribution in [2.24, 2.45) is 0 Å². The number of aromatic nitrogens is 4. The van der Waals surface area contributed by atoms with Gasteiger partial charge in [0.25, 0.3) is 0 Å². The lowest BCUT2D eigenvalue weighted by Crippen LogP contribution is -1.96. The van der Waals surface area contributed by atoms with Crippen molar-refractivity contribution >= 4 is 27.2 Å². The zero-order chi connectivity index (χ0) is 13.7. The summed E-state index contributed by atoms with van der Waals surface area (Å²) in [4.78, 5) is 0.